The fourth-order valence-corrected chi connectivity index (χ4v) is 2.03. The zero-order valence-electron chi connectivity index (χ0n) is 6.33. The standard InChI is InChI=1S/C3H2N2S3.C2H7N/c1-4-2-5-3(6)8-7-2;1-3-2/h1H2;3H,1-2H3. The Labute approximate surface area is 78.2 Å². The second-order valence-corrected chi connectivity index (χ2v) is 4.22. The Bertz CT molecular complexity index is 251. The minimum atomic E-state index is 0.636. The van der Waals surface area contributed by atoms with E-state index in [4.69, 9.17) is 12.2 Å². The summed E-state index contributed by atoms with van der Waals surface area (Å²) < 4.78 is 0.636. The summed E-state index contributed by atoms with van der Waals surface area (Å²) >= 11 is 4.73. The molecule has 0 saturated carbocycles. The highest BCUT2D eigenvalue weighted by Crippen LogP contribution is 2.20. The Morgan fingerprint density at radius 3 is 2.27 bits per heavy atom. The molecular weight excluding hydrogens is 198 g/mol. The molecule has 1 rings (SSSR count). The van der Waals surface area contributed by atoms with Crippen LogP contribution in [-0.4, -0.2) is 25.8 Å². The second kappa shape index (κ2) is 6.53. The van der Waals surface area contributed by atoms with Crippen LogP contribution in [0.3, 0.4) is 0 Å². The van der Waals surface area contributed by atoms with E-state index in [-0.39, 0.29) is 0 Å². The maximum atomic E-state index is 4.73. The van der Waals surface area contributed by atoms with Crippen LogP contribution >= 0.6 is 32.9 Å². The van der Waals surface area contributed by atoms with Gasteiger partial charge in [0, 0.05) is 0 Å². The normalized spacial score (nSPS) is 8.18. The van der Waals surface area contributed by atoms with Gasteiger partial charge in [0.05, 0.1) is 0 Å². The van der Waals surface area contributed by atoms with Gasteiger partial charge in [-0.15, -0.1) is 0 Å². The maximum Gasteiger partial charge on any atom is 0.220 e. The first-order valence-electron chi connectivity index (χ1n) is 2.77. The Kier molecular flexibility index (Phi) is 6.43. The minimum absolute atomic E-state index is 0.636. The van der Waals surface area contributed by atoms with Crippen molar-refractivity contribution in [1.82, 2.24) is 10.3 Å². The summed E-state index contributed by atoms with van der Waals surface area (Å²) in [4.78, 5) is 7.44. The van der Waals surface area contributed by atoms with Crippen LogP contribution in [0, 0.1) is 3.95 Å². The number of nitrogens with one attached hydrogen (secondary N) is 1. The molecule has 11 heavy (non-hydrogen) atoms. The second-order valence-electron chi connectivity index (χ2n) is 1.49. The summed E-state index contributed by atoms with van der Waals surface area (Å²) in [6.45, 7) is 3.30. The van der Waals surface area contributed by atoms with E-state index >= 15 is 0 Å². The highest BCUT2D eigenvalue weighted by Gasteiger charge is 1.88. The van der Waals surface area contributed by atoms with Crippen molar-refractivity contribution in [2.24, 2.45) is 4.99 Å². The van der Waals surface area contributed by atoms with Gasteiger partial charge in [0.2, 0.25) is 5.13 Å². The van der Waals surface area contributed by atoms with E-state index in [9.17, 15) is 0 Å². The monoisotopic (exact) mass is 207 g/mol. The van der Waals surface area contributed by atoms with Crippen LogP contribution in [0.25, 0.3) is 0 Å². The summed E-state index contributed by atoms with van der Waals surface area (Å²) in [5.74, 6) is 0. The minimum Gasteiger partial charge on any atom is -0.323 e. The summed E-state index contributed by atoms with van der Waals surface area (Å²) in [6, 6.07) is 0. The van der Waals surface area contributed by atoms with Crippen molar-refractivity contribution < 1.29 is 0 Å². The molecule has 1 N–H and O–H groups in total. The Morgan fingerprint density at radius 1 is 1.55 bits per heavy atom. The number of nitrogens with zero attached hydrogens (tertiary/aromatic N) is 2. The third-order valence-corrected chi connectivity index (χ3v) is 3.02. The van der Waals surface area contributed by atoms with Gasteiger partial charge in [-0.1, -0.05) is 0 Å². The molecule has 0 amide bonds. The first-order chi connectivity index (χ1) is 5.24. The van der Waals surface area contributed by atoms with Crippen LogP contribution < -0.4 is 5.32 Å². The van der Waals surface area contributed by atoms with E-state index in [2.05, 4.69) is 22.0 Å². The van der Waals surface area contributed by atoms with Crippen molar-refractivity contribution in [2.75, 3.05) is 14.1 Å². The Balaban J connectivity index is 0.000000292. The van der Waals surface area contributed by atoms with Gasteiger partial charge >= 0.3 is 0 Å². The van der Waals surface area contributed by atoms with E-state index in [0.717, 1.165) is 0 Å². The van der Waals surface area contributed by atoms with Crippen LogP contribution in [0.15, 0.2) is 4.99 Å². The third kappa shape index (κ3) is 5.14. The molecule has 0 unspecified atom stereocenters. The molecule has 0 saturated heterocycles. The number of hydrogen-bond donors (Lipinski definition) is 1. The number of aromatic nitrogens is 1. The predicted octanol–water partition coefficient (Wildman–Crippen LogP) is 2.10. The number of aliphatic imine (C=N–C) groups is 1. The van der Waals surface area contributed by atoms with Crippen LogP contribution in [0.4, 0.5) is 5.13 Å². The lowest BCUT2D eigenvalue weighted by molar-refractivity contribution is 1.02. The van der Waals surface area contributed by atoms with Gasteiger partial charge in [-0.2, -0.15) is 4.98 Å². The molecule has 0 radical (unpaired) electrons. The molecule has 0 bridgehead atoms. The molecule has 0 spiro atoms. The molecule has 0 aliphatic heterocycles. The quantitative estimate of drug-likeness (QED) is 0.435. The average Bonchev–Trinajstić information content (AvgIpc) is 2.37. The van der Waals surface area contributed by atoms with Gasteiger partial charge < -0.3 is 5.32 Å². The van der Waals surface area contributed by atoms with Crippen LogP contribution in [0.2, 0.25) is 0 Å². The molecule has 0 fully saturated rings. The van der Waals surface area contributed by atoms with E-state index in [1.165, 1.54) is 20.7 Å². The van der Waals surface area contributed by atoms with E-state index in [0.29, 0.717) is 9.09 Å². The fourth-order valence-electron chi connectivity index (χ4n) is 0.250. The topological polar surface area (TPSA) is 37.3 Å². The van der Waals surface area contributed by atoms with E-state index < -0.39 is 0 Å². The van der Waals surface area contributed by atoms with Crippen molar-refractivity contribution >= 4 is 44.7 Å². The van der Waals surface area contributed by atoms with Gasteiger partial charge in [-0.25, -0.2) is 4.99 Å². The van der Waals surface area contributed by atoms with Crippen molar-refractivity contribution in [3.63, 3.8) is 0 Å². The van der Waals surface area contributed by atoms with Crippen molar-refractivity contribution in [2.45, 2.75) is 0 Å². The molecule has 0 aliphatic rings. The van der Waals surface area contributed by atoms with Gasteiger partial charge in [0.15, 0.2) is 3.95 Å². The van der Waals surface area contributed by atoms with Crippen molar-refractivity contribution in [3.8, 4) is 0 Å². The van der Waals surface area contributed by atoms with Gasteiger partial charge in [-0.05, 0) is 53.7 Å². The Hall–Kier alpha value is -0.170. The molecule has 0 aromatic carbocycles. The molecule has 3 nitrogen and oxygen atoms in total. The highest BCUT2D eigenvalue weighted by molar-refractivity contribution is 7.79. The van der Waals surface area contributed by atoms with Crippen molar-refractivity contribution in [3.05, 3.63) is 3.95 Å². The first kappa shape index (κ1) is 10.8. The smallest absolute Gasteiger partial charge is 0.220 e. The van der Waals surface area contributed by atoms with Gasteiger partial charge in [0.1, 0.15) is 0 Å². The lowest BCUT2D eigenvalue weighted by Gasteiger charge is -1.68. The SMILES string of the molecule is C=Nc1nc(=S)ss1.CNC. The van der Waals surface area contributed by atoms with Crippen molar-refractivity contribution in [1.29, 1.82) is 0 Å². The maximum absolute atomic E-state index is 4.73. The first-order valence-corrected chi connectivity index (χ1v) is 5.32. The lowest BCUT2D eigenvalue weighted by Crippen LogP contribution is -1.89. The summed E-state index contributed by atoms with van der Waals surface area (Å²) in [7, 11) is 6.64. The van der Waals surface area contributed by atoms with E-state index in [1.54, 1.807) is 0 Å². The zero-order valence-corrected chi connectivity index (χ0v) is 8.78. The molecule has 62 valence electrons. The van der Waals surface area contributed by atoms with E-state index in [1.807, 2.05) is 14.1 Å². The number of rotatable bonds is 1. The molecule has 1 aromatic heterocycles. The molecule has 0 atom stereocenters. The summed E-state index contributed by atoms with van der Waals surface area (Å²) in [5.41, 5.74) is 0. The molecule has 6 heteroatoms. The van der Waals surface area contributed by atoms with Crippen LogP contribution in [0.5, 0.6) is 0 Å². The summed E-state index contributed by atoms with van der Waals surface area (Å²) in [6.07, 6.45) is 0. The molecular formula is C5H9N3S3. The van der Waals surface area contributed by atoms with Crippen LogP contribution in [-0.2, 0) is 0 Å². The number of hydrogen-bond acceptors (Lipinski definition) is 6. The fraction of sp³-hybridized carbons (Fsp3) is 0.400. The van der Waals surface area contributed by atoms with Crippen LogP contribution in [0.1, 0.15) is 0 Å². The van der Waals surface area contributed by atoms with Gasteiger partial charge in [-0.3, -0.25) is 0 Å². The largest absolute Gasteiger partial charge is 0.323 e. The third-order valence-electron chi connectivity index (χ3n) is 0.510. The molecule has 1 heterocycles. The average molecular weight is 207 g/mol. The highest BCUT2D eigenvalue weighted by atomic mass is 32.9. The zero-order chi connectivity index (χ0) is 8.69. The Morgan fingerprint density at radius 2 is 2.09 bits per heavy atom. The predicted molar refractivity (Wildman–Crippen MR) is 55.0 cm³/mol. The molecule has 1 aromatic rings. The molecule has 0 aliphatic carbocycles. The lowest BCUT2D eigenvalue weighted by atomic mass is 11.2. The van der Waals surface area contributed by atoms with Gasteiger partial charge in [0.25, 0.3) is 0 Å². The summed E-state index contributed by atoms with van der Waals surface area (Å²) in [5, 5.41) is 3.42.